The van der Waals surface area contributed by atoms with Crippen molar-refractivity contribution in [3.05, 3.63) is 35.9 Å². The van der Waals surface area contributed by atoms with Gasteiger partial charge in [-0.1, -0.05) is 44.2 Å². The summed E-state index contributed by atoms with van der Waals surface area (Å²) in [5.74, 6) is 1.26. The molecule has 0 spiro atoms. The van der Waals surface area contributed by atoms with Crippen molar-refractivity contribution in [2.75, 3.05) is 19.8 Å². The van der Waals surface area contributed by atoms with Crippen LogP contribution in [0.2, 0.25) is 0 Å². The van der Waals surface area contributed by atoms with Crippen molar-refractivity contribution in [1.29, 1.82) is 0 Å². The molecule has 0 aromatic heterocycles. The Morgan fingerprint density at radius 3 is 2.63 bits per heavy atom. The fraction of sp³-hybridized carbons (Fsp3) is 0.647. The number of nitrogens with one attached hydrogen (secondary N) is 1. The van der Waals surface area contributed by atoms with Crippen molar-refractivity contribution in [2.45, 2.75) is 45.1 Å². The predicted molar refractivity (Wildman–Crippen MR) is 80.5 cm³/mol. The second-order valence-corrected chi connectivity index (χ2v) is 5.53. The van der Waals surface area contributed by atoms with Crippen LogP contribution >= 0.6 is 0 Å². The second kappa shape index (κ2) is 7.66. The Balaban J connectivity index is 2.13. The molecule has 1 heterocycles. The number of rotatable bonds is 7. The normalized spacial score (nSPS) is 22.3. The van der Waals surface area contributed by atoms with Crippen molar-refractivity contribution in [1.82, 2.24) is 5.32 Å². The van der Waals surface area contributed by atoms with Gasteiger partial charge in [0.25, 0.3) is 0 Å². The lowest BCUT2D eigenvalue weighted by molar-refractivity contribution is 0.171. The topological polar surface area (TPSA) is 21.3 Å². The molecule has 106 valence electrons. The molecule has 1 aliphatic rings. The van der Waals surface area contributed by atoms with Gasteiger partial charge in [-0.05, 0) is 37.3 Å². The maximum Gasteiger partial charge on any atom is 0.0510 e. The van der Waals surface area contributed by atoms with Crippen molar-refractivity contribution >= 4 is 0 Å². The molecule has 0 amide bonds. The molecular weight excluding hydrogens is 234 g/mol. The zero-order valence-corrected chi connectivity index (χ0v) is 12.3. The maximum absolute atomic E-state index is 5.61. The van der Waals surface area contributed by atoms with Crippen LogP contribution in [0.5, 0.6) is 0 Å². The Kier molecular flexibility index (Phi) is 5.87. The molecule has 19 heavy (non-hydrogen) atoms. The van der Waals surface area contributed by atoms with Gasteiger partial charge in [0.05, 0.1) is 6.61 Å². The molecular formula is C17H27NO. The van der Waals surface area contributed by atoms with Gasteiger partial charge in [0.15, 0.2) is 0 Å². The standard InChI is InChI=1S/C17H27NO/c1-3-11-18-17(15-10-12-19-13-15)16(4-2)14-8-6-5-7-9-14/h5-9,15-18H,3-4,10-13H2,1-2H3. The van der Waals surface area contributed by atoms with Gasteiger partial charge in [-0.25, -0.2) is 0 Å². The molecule has 2 rings (SSSR count). The zero-order valence-electron chi connectivity index (χ0n) is 12.3. The van der Waals surface area contributed by atoms with Crippen LogP contribution in [-0.2, 0) is 4.74 Å². The molecule has 0 aliphatic carbocycles. The minimum Gasteiger partial charge on any atom is -0.381 e. The first-order valence-electron chi connectivity index (χ1n) is 7.72. The summed E-state index contributed by atoms with van der Waals surface area (Å²) in [6.45, 7) is 7.49. The van der Waals surface area contributed by atoms with Gasteiger partial charge in [-0.15, -0.1) is 0 Å². The molecule has 0 bridgehead atoms. The van der Waals surface area contributed by atoms with Crippen molar-refractivity contribution in [2.24, 2.45) is 5.92 Å². The average molecular weight is 261 g/mol. The molecule has 1 aliphatic heterocycles. The smallest absolute Gasteiger partial charge is 0.0510 e. The van der Waals surface area contributed by atoms with E-state index in [0.717, 1.165) is 19.8 Å². The molecule has 0 saturated carbocycles. The average Bonchev–Trinajstić information content (AvgIpc) is 2.98. The molecule has 2 nitrogen and oxygen atoms in total. The Labute approximate surface area is 117 Å². The first-order valence-corrected chi connectivity index (χ1v) is 7.72. The highest BCUT2D eigenvalue weighted by atomic mass is 16.5. The van der Waals surface area contributed by atoms with Crippen molar-refractivity contribution in [3.8, 4) is 0 Å². The van der Waals surface area contributed by atoms with Gasteiger partial charge in [0.1, 0.15) is 0 Å². The zero-order chi connectivity index (χ0) is 13.5. The number of hydrogen-bond acceptors (Lipinski definition) is 2. The fourth-order valence-corrected chi connectivity index (χ4v) is 3.18. The van der Waals surface area contributed by atoms with Crippen LogP contribution in [0.15, 0.2) is 30.3 Å². The van der Waals surface area contributed by atoms with E-state index < -0.39 is 0 Å². The van der Waals surface area contributed by atoms with E-state index in [1.54, 1.807) is 0 Å². The molecule has 1 N–H and O–H groups in total. The van der Waals surface area contributed by atoms with Gasteiger partial charge < -0.3 is 10.1 Å². The summed E-state index contributed by atoms with van der Waals surface area (Å²) < 4.78 is 5.61. The summed E-state index contributed by atoms with van der Waals surface area (Å²) in [5.41, 5.74) is 1.46. The molecule has 2 heteroatoms. The minimum absolute atomic E-state index is 0.551. The molecule has 3 atom stereocenters. The van der Waals surface area contributed by atoms with E-state index in [2.05, 4.69) is 49.5 Å². The third-order valence-electron chi connectivity index (χ3n) is 4.20. The molecule has 0 radical (unpaired) electrons. The van der Waals surface area contributed by atoms with Gasteiger partial charge in [-0.3, -0.25) is 0 Å². The third kappa shape index (κ3) is 3.80. The lowest BCUT2D eigenvalue weighted by Gasteiger charge is -2.32. The van der Waals surface area contributed by atoms with Crippen LogP contribution < -0.4 is 5.32 Å². The van der Waals surface area contributed by atoms with Crippen LogP contribution in [0.3, 0.4) is 0 Å². The molecule has 1 saturated heterocycles. The SMILES string of the molecule is CCCNC(C1CCOC1)C(CC)c1ccccc1. The minimum atomic E-state index is 0.551. The quantitative estimate of drug-likeness (QED) is 0.810. The summed E-state index contributed by atoms with van der Waals surface area (Å²) in [4.78, 5) is 0. The van der Waals surface area contributed by atoms with Crippen LogP contribution in [0.25, 0.3) is 0 Å². The summed E-state index contributed by atoms with van der Waals surface area (Å²) in [7, 11) is 0. The predicted octanol–water partition coefficient (Wildman–Crippen LogP) is 3.58. The van der Waals surface area contributed by atoms with E-state index in [0.29, 0.717) is 17.9 Å². The van der Waals surface area contributed by atoms with Gasteiger partial charge >= 0.3 is 0 Å². The van der Waals surface area contributed by atoms with Crippen molar-refractivity contribution < 1.29 is 4.74 Å². The van der Waals surface area contributed by atoms with Crippen LogP contribution in [0.4, 0.5) is 0 Å². The van der Waals surface area contributed by atoms with E-state index in [-0.39, 0.29) is 0 Å². The Bertz CT molecular complexity index is 346. The van der Waals surface area contributed by atoms with Gasteiger partial charge in [0.2, 0.25) is 0 Å². The van der Waals surface area contributed by atoms with E-state index in [4.69, 9.17) is 4.74 Å². The van der Waals surface area contributed by atoms with E-state index in [1.807, 2.05) is 0 Å². The third-order valence-corrected chi connectivity index (χ3v) is 4.20. The first kappa shape index (κ1) is 14.5. The maximum atomic E-state index is 5.61. The summed E-state index contributed by atoms with van der Waals surface area (Å²) in [6, 6.07) is 11.5. The first-order chi connectivity index (χ1) is 9.36. The Morgan fingerprint density at radius 1 is 1.26 bits per heavy atom. The van der Waals surface area contributed by atoms with Crippen molar-refractivity contribution in [3.63, 3.8) is 0 Å². The summed E-state index contributed by atoms with van der Waals surface area (Å²) in [6.07, 6.45) is 3.57. The second-order valence-electron chi connectivity index (χ2n) is 5.53. The largest absolute Gasteiger partial charge is 0.381 e. The highest BCUT2D eigenvalue weighted by Crippen LogP contribution is 2.31. The molecule has 3 unspecified atom stereocenters. The van der Waals surface area contributed by atoms with Crippen LogP contribution in [0.1, 0.15) is 44.6 Å². The number of benzene rings is 1. The number of hydrogen-bond donors (Lipinski definition) is 1. The molecule has 1 aromatic carbocycles. The highest BCUT2D eigenvalue weighted by molar-refractivity contribution is 5.21. The monoisotopic (exact) mass is 261 g/mol. The van der Waals surface area contributed by atoms with Crippen LogP contribution in [0, 0.1) is 5.92 Å². The highest BCUT2D eigenvalue weighted by Gasteiger charge is 2.31. The Morgan fingerprint density at radius 2 is 2.05 bits per heavy atom. The Hall–Kier alpha value is -0.860. The van der Waals surface area contributed by atoms with Gasteiger partial charge in [0, 0.05) is 18.6 Å². The fourth-order valence-electron chi connectivity index (χ4n) is 3.18. The summed E-state index contributed by atoms with van der Waals surface area (Å²) >= 11 is 0. The molecule has 1 fully saturated rings. The lowest BCUT2D eigenvalue weighted by atomic mass is 9.81. The van der Waals surface area contributed by atoms with E-state index in [9.17, 15) is 0 Å². The summed E-state index contributed by atoms with van der Waals surface area (Å²) in [5, 5.41) is 3.78. The van der Waals surface area contributed by atoms with E-state index >= 15 is 0 Å². The van der Waals surface area contributed by atoms with E-state index in [1.165, 1.54) is 24.8 Å². The number of ether oxygens (including phenoxy) is 1. The lowest BCUT2D eigenvalue weighted by Crippen LogP contribution is -2.41. The molecule has 1 aromatic rings. The van der Waals surface area contributed by atoms with Crippen LogP contribution in [-0.4, -0.2) is 25.8 Å². The van der Waals surface area contributed by atoms with Gasteiger partial charge in [-0.2, -0.15) is 0 Å².